The van der Waals surface area contributed by atoms with Gasteiger partial charge in [0, 0.05) is 5.54 Å². The van der Waals surface area contributed by atoms with Gasteiger partial charge in [-0.25, -0.2) is 0 Å². The number of nitrogens with zero attached hydrogens (tertiary/aromatic N) is 2. The number of carboxylic acids is 1. The van der Waals surface area contributed by atoms with Gasteiger partial charge in [0.15, 0.2) is 5.69 Å². The number of amides is 1. The summed E-state index contributed by atoms with van der Waals surface area (Å²) in [5, 5.41) is 20.5. The van der Waals surface area contributed by atoms with Crippen molar-refractivity contribution in [1.29, 1.82) is 0 Å². The molecule has 0 fully saturated rings. The first-order chi connectivity index (χ1) is 6.91. The van der Waals surface area contributed by atoms with Crippen LogP contribution in [0.5, 0.6) is 0 Å². The summed E-state index contributed by atoms with van der Waals surface area (Å²) in [6, 6.07) is 0. The Hall–Kier alpha value is -1.92. The molecule has 0 radical (unpaired) electrons. The molecule has 1 aromatic rings. The van der Waals surface area contributed by atoms with E-state index in [4.69, 9.17) is 5.11 Å². The van der Waals surface area contributed by atoms with Gasteiger partial charge in [0.25, 0.3) is 5.91 Å². The summed E-state index contributed by atoms with van der Waals surface area (Å²) in [5.41, 5.74) is -0.685. The number of hydrogen-bond acceptors (Lipinski definition) is 4. The Morgan fingerprint density at radius 3 is 2.73 bits per heavy atom. The Balaban J connectivity index is 2.61. The summed E-state index contributed by atoms with van der Waals surface area (Å²) in [5.74, 6) is -1.42. The van der Waals surface area contributed by atoms with Crippen LogP contribution in [-0.4, -0.2) is 37.9 Å². The zero-order chi connectivity index (χ0) is 11.5. The number of aromatic amines is 1. The zero-order valence-corrected chi connectivity index (χ0v) is 8.44. The van der Waals surface area contributed by atoms with Gasteiger partial charge < -0.3 is 10.4 Å². The molecule has 0 atom stereocenters. The van der Waals surface area contributed by atoms with Crippen LogP contribution in [0.1, 0.15) is 30.8 Å². The molecule has 1 amide bonds. The van der Waals surface area contributed by atoms with E-state index in [1.807, 2.05) is 0 Å². The first-order valence-corrected chi connectivity index (χ1v) is 4.31. The van der Waals surface area contributed by atoms with Crippen molar-refractivity contribution in [1.82, 2.24) is 20.7 Å². The lowest BCUT2D eigenvalue weighted by molar-refractivity contribution is -0.138. The highest BCUT2D eigenvalue weighted by Gasteiger charge is 2.25. The van der Waals surface area contributed by atoms with Crippen molar-refractivity contribution in [2.45, 2.75) is 25.8 Å². The molecular weight excluding hydrogens is 200 g/mol. The average Bonchev–Trinajstić information content (AvgIpc) is 2.50. The molecule has 7 heteroatoms. The van der Waals surface area contributed by atoms with E-state index in [1.165, 1.54) is 6.20 Å². The van der Waals surface area contributed by atoms with E-state index < -0.39 is 17.4 Å². The van der Waals surface area contributed by atoms with Crippen LogP contribution < -0.4 is 5.32 Å². The van der Waals surface area contributed by atoms with Crippen molar-refractivity contribution in [2.75, 3.05) is 0 Å². The molecule has 0 bridgehead atoms. The maximum Gasteiger partial charge on any atom is 0.305 e. The van der Waals surface area contributed by atoms with Crippen molar-refractivity contribution in [2.24, 2.45) is 0 Å². The molecule has 0 aliphatic heterocycles. The summed E-state index contributed by atoms with van der Waals surface area (Å²) in [6.07, 6.45) is 1.11. The number of nitrogens with one attached hydrogen (secondary N) is 2. The normalized spacial score (nSPS) is 11.1. The predicted octanol–water partition coefficient (Wildman–Crippen LogP) is -0.212. The molecule has 0 spiro atoms. The number of carbonyl (C=O) groups is 2. The number of aromatic nitrogens is 3. The van der Waals surface area contributed by atoms with E-state index in [0.29, 0.717) is 0 Å². The monoisotopic (exact) mass is 212 g/mol. The van der Waals surface area contributed by atoms with Gasteiger partial charge in [-0.05, 0) is 13.8 Å². The van der Waals surface area contributed by atoms with Gasteiger partial charge in [-0.3, -0.25) is 9.59 Å². The average molecular weight is 212 g/mol. The number of H-pyrrole nitrogens is 1. The van der Waals surface area contributed by atoms with Crippen LogP contribution >= 0.6 is 0 Å². The number of rotatable bonds is 4. The second kappa shape index (κ2) is 4.07. The van der Waals surface area contributed by atoms with E-state index in [9.17, 15) is 9.59 Å². The molecule has 7 nitrogen and oxygen atoms in total. The molecule has 0 aliphatic carbocycles. The highest BCUT2D eigenvalue weighted by atomic mass is 16.4. The quantitative estimate of drug-likeness (QED) is 0.639. The molecular formula is C8H12N4O3. The second-order valence-electron chi connectivity index (χ2n) is 3.76. The second-order valence-corrected chi connectivity index (χ2v) is 3.76. The van der Waals surface area contributed by atoms with Crippen LogP contribution in [0.4, 0.5) is 0 Å². The van der Waals surface area contributed by atoms with E-state index >= 15 is 0 Å². The molecule has 15 heavy (non-hydrogen) atoms. The topological polar surface area (TPSA) is 108 Å². The molecule has 0 aliphatic rings. The van der Waals surface area contributed by atoms with Crippen molar-refractivity contribution >= 4 is 11.9 Å². The molecule has 1 rings (SSSR count). The van der Waals surface area contributed by atoms with Crippen LogP contribution in [0.2, 0.25) is 0 Å². The Morgan fingerprint density at radius 1 is 1.60 bits per heavy atom. The molecule has 3 N–H and O–H groups in total. The first-order valence-electron chi connectivity index (χ1n) is 4.31. The third-order valence-corrected chi connectivity index (χ3v) is 1.69. The minimum Gasteiger partial charge on any atom is -0.481 e. The molecule has 0 unspecified atom stereocenters. The SMILES string of the molecule is CC(C)(CC(=O)O)NC(=O)c1cn[nH]n1. The van der Waals surface area contributed by atoms with E-state index in [1.54, 1.807) is 13.8 Å². The summed E-state index contributed by atoms with van der Waals surface area (Å²) in [4.78, 5) is 22.0. The van der Waals surface area contributed by atoms with E-state index in [2.05, 4.69) is 20.7 Å². The summed E-state index contributed by atoms with van der Waals surface area (Å²) >= 11 is 0. The van der Waals surface area contributed by atoms with Crippen molar-refractivity contribution in [3.05, 3.63) is 11.9 Å². The van der Waals surface area contributed by atoms with Gasteiger partial charge in [0.2, 0.25) is 0 Å². The van der Waals surface area contributed by atoms with Crippen LogP contribution in [0.15, 0.2) is 6.20 Å². The van der Waals surface area contributed by atoms with Crippen molar-refractivity contribution in [3.63, 3.8) is 0 Å². The number of aliphatic carboxylic acids is 1. The third-order valence-electron chi connectivity index (χ3n) is 1.69. The fourth-order valence-electron chi connectivity index (χ4n) is 1.10. The molecule has 0 saturated carbocycles. The smallest absolute Gasteiger partial charge is 0.305 e. The van der Waals surface area contributed by atoms with Gasteiger partial charge in [-0.1, -0.05) is 0 Å². The summed E-state index contributed by atoms with van der Waals surface area (Å²) in [6.45, 7) is 3.25. The highest BCUT2D eigenvalue weighted by Crippen LogP contribution is 2.08. The van der Waals surface area contributed by atoms with Gasteiger partial charge in [0.1, 0.15) is 0 Å². The molecule has 0 saturated heterocycles. The van der Waals surface area contributed by atoms with E-state index in [-0.39, 0.29) is 12.1 Å². The zero-order valence-electron chi connectivity index (χ0n) is 8.44. The lowest BCUT2D eigenvalue weighted by Gasteiger charge is -2.23. The third kappa shape index (κ3) is 3.37. The Morgan fingerprint density at radius 2 is 2.27 bits per heavy atom. The van der Waals surface area contributed by atoms with Crippen molar-refractivity contribution < 1.29 is 14.7 Å². The Labute approximate surface area is 85.9 Å². The van der Waals surface area contributed by atoms with Gasteiger partial charge in [0.05, 0.1) is 12.6 Å². The molecule has 0 aromatic carbocycles. The fraction of sp³-hybridized carbons (Fsp3) is 0.500. The molecule has 1 aromatic heterocycles. The van der Waals surface area contributed by atoms with Gasteiger partial charge >= 0.3 is 5.97 Å². The Bertz CT molecular complexity index is 358. The standard InChI is InChI=1S/C8H12N4O3/c1-8(2,3-6(13)14)10-7(15)5-4-9-12-11-5/h4H,3H2,1-2H3,(H,10,15)(H,13,14)(H,9,11,12). The number of hydrogen-bond donors (Lipinski definition) is 3. The minimum atomic E-state index is -0.972. The summed E-state index contributed by atoms with van der Waals surface area (Å²) in [7, 11) is 0. The largest absolute Gasteiger partial charge is 0.481 e. The van der Waals surface area contributed by atoms with Crippen LogP contribution in [0, 0.1) is 0 Å². The first kappa shape index (κ1) is 11.2. The molecule has 82 valence electrons. The van der Waals surface area contributed by atoms with Crippen LogP contribution in [0.25, 0.3) is 0 Å². The fourth-order valence-corrected chi connectivity index (χ4v) is 1.10. The predicted molar refractivity (Wildman–Crippen MR) is 50.2 cm³/mol. The summed E-state index contributed by atoms with van der Waals surface area (Å²) < 4.78 is 0. The lowest BCUT2D eigenvalue weighted by Crippen LogP contribution is -2.45. The minimum absolute atomic E-state index is 0.133. The van der Waals surface area contributed by atoms with Gasteiger partial charge in [-0.2, -0.15) is 15.4 Å². The van der Waals surface area contributed by atoms with Crippen molar-refractivity contribution in [3.8, 4) is 0 Å². The number of carboxylic acid groups (broad SMARTS) is 1. The van der Waals surface area contributed by atoms with Crippen LogP contribution in [0.3, 0.4) is 0 Å². The highest BCUT2D eigenvalue weighted by molar-refractivity contribution is 5.92. The Kier molecular flexibility index (Phi) is 3.03. The number of carbonyl (C=O) groups excluding carboxylic acids is 1. The molecule has 1 heterocycles. The van der Waals surface area contributed by atoms with Gasteiger partial charge in [-0.15, -0.1) is 0 Å². The maximum absolute atomic E-state index is 11.5. The maximum atomic E-state index is 11.5. The lowest BCUT2D eigenvalue weighted by atomic mass is 10.0. The van der Waals surface area contributed by atoms with E-state index in [0.717, 1.165) is 0 Å². The van der Waals surface area contributed by atoms with Crippen LogP contribution in [-0.2, 0) is 4.79 Å².